The third-order valence-electron chi connectivity index (χ3n) is 5.76. The number of aryl methyl sites for hydroxylation is 1. The van der Waals surface area contributed by atoms with Crippen LogP contribution in [0.2, 0.25) is 5.02 Å². The highest BCUT2D eigenvalue weighted by Gasteiger charge is 2.31. The summed E-state index contributed by atoms with van der Waals surface area (Å²) in [5, 5.41) is 12.5. The maximum absolute atomic E-state index is 13.0. The number of aromatic nitrogens is 3. The highest BCUT2D eigenvalue weighted by atomic mass is 35.5. The number of anilines is 2. The number of halogens is 4. The fourth-order valence-electron chi connectivity index (χ4n) is 3.81. The van der Waals surface area contributed by atoms with Gasteiger partial charge in [0.25, 0.3) is 0 Å². The van der Waals surface area contributed by atoms with E-state index in [0.29, 0.717) is 44.3 Å². The molecular weight excluding hydrogens is 521 g/mol. The predicted octanol–water partition coefficient (Wildman–Crippen LogP) is 3.70. The van der Waals surface area contributed by atoms with Crippen LogP contribution in [0.25, 0.3) is 11.0 Å². The summed E-state index contributed by atoms with van der Waals surface area (Å²) in [6, 6.07) is 2.98. The quantitative estimate of drug-likeness (QED) is 0.479. The first kappa shape index (κ1) is 25.6. The lowest BCUT2D eigenvalue weighted by Crippen LogP contribution is -2.50. The molecule has 1 aromatic carbocycles. The summed E-state index contributed by atoms with van der Waals surface area (Å²) in [5.74, 6) is -0.952. The van der Waals surface area contributed by atoms with E-state index < -0.39 is 23.1 Å². The second kappa shape index (κ2) is 9.90. The number of alkyl halides is 3. The predicted molar refractivity (Wildman–Crippen MR) is 133 cm³/mol. The minimum absolute atomic E-state index is 0.0649. The molecule has 2 N–H and O–H groups in total. The Kier molecular flexibility index (Phi) is 7.05. The van der Waals surface area contributed by atoms with Crippen molar-refractivity contribution >= 4 is 57.6 Å². The number of hydrogen-bond acceptors (Lipinski definition) is 6. The number of aromatic carboxylic acids is 1. The number of thiocarbonyl (C=S) groups is 1. The maximum Gasteiger partial charge on any atom is 0.416 e. The first-order valence-electron chi connectivity index (χ1n) is 10.8. The second-order valence-electron chi connectivity index (χ2n) is 7.97. The molecule has 3 heterocycles. The highest BCUT2D eigenvalue weighted by molar-refractivity contribution is 7.80. The largest absolute Gasteiger partial charge is 0.477 e. The van der Waals surface area contributed by atoms with E-state index in [1.54, 1.807) is 16.4 Å². The molecule has 36 heavy (non-hydrogen) atoms. The molecule has 14 heteroatoms. The summed E-state index contributed by atoms with van der Waals surface area (Å²) >= 11 is 11.4. The van der Waals surface area contributed by atoms with Crippen LogP contribution < -0.4 is 15.6 Å². The van der Waals surface area contributed by atoms with Gasteiger partial charge in [0, 0.05) is 45.1 Å². The van der Waals surface area contributed by atoms with Crippen molar-refractivity contribution in [3.8, 4) is 0 Å². The van der Waals surface area contributed by atoms with Crippen molar-refractivity contribution in [2.24, 2.45) is 0 Å². The zero-order valence-electron chi connectivity index (χ0n) is 18.8. The lowest BCUT2D eigenvalue weighted by Gasteiger charge is -2.36. The third-order valence-corrected chi connectivity index (χ3v) is 6.45. The van der Waals surface area contributed by atoms with Crippen molar-refractivity contribution < 1.29 is 23.1 Å². The van der Waals surface area contributed by atoms with Gasteiger partial charge in [0.05, 0.1) is 21.7 Å². The van der Waals surface area contributed by atoms with Crippen LogP contribution in [0, 0.1) is 0 Å². The van der Waals surface area contributed by atoms with Gasteiger partial charge in [-0.05, 0) is 37.3 Å². The molecule has 190 valence electrons. The SMILES string of the molecule is CCn1cc(C(=O)O)c(=O)c2cnc(N3CCN(C(=S)Nc4cc(C(F)(F)F)ccc4Cl)CC3)nc21. The van der Waals surface area contributed by atoms with Crippen LogP contribution in [0.4, 0.5) is 24.8 Å². The van der Waals surface area contributed by atoms with E-state index in [4.69, 9.17) is 23.8 Å². The molecule has 3 aromatic rings. The van der Waals surface area contributed by atoms with Crippen molar-refractivity contribution in [2.45, 2.75) is 19.6 Å². The van der Waals surface area contributed by atoms with E-state index in [9.17, 15) is 27.9 Å². The standard InChI is InChI=1S/C22H20ClF3N6O3S/c1-2-30-11-14(19(34)35)17(33)13-10-27-20(29-18(13)30)31-5-7-32(8-6-31)21(36)28-16-9-12(22(24,25)26)3-4-15(16)23/h3-4,9-11H,2,5-8H2,1H3,(H,28,36)(H,34,35). The number of pyridine rings is 1. The van der Waals surface area contributed by atoms with Crippen molar-refractivity contribution in [1.82, 2.24) is 19.4 Å². The van der Waals surface area contributed by atoms with E-state index in [0.717, 1.165) is 12.1 Å². The summed E-state index contributed by atoms with van der Waals surface area (Å²) in [6.45, 7) is 3.98. The van der Waals surface area contributed by atoms with Crippen molar-refractivity contribution in [3.05, 3.63) is 57.0 Å². The van der Waals surface area contributed by atoms with Crippen LogP contribution in [-0.4, -0.2) is 61.8 Å². The number of rotatable bonds is 4. The van der Waals surface area contributed by atoms with Crippen LogP contribution in [0.15, 0.2) is 35.4 Å². The summed E-state index contributed by atoms with van der Waals surface area (Å²) in [5.41, 5.74) is -1.44. The smallest absolute Gasteiger partial charge is 0.416 e. The minimum Gasteiger partial charge on any atom is -0.477 e. The summed E-state index contributed by atoms with van der Waals surface area (Å²) in [6.07, 6.45) is -1.91. The van der Waals surface area contributed by atoms with Gasteiger partial charge < -0.3 is 24.8 Å². The number of benzene rings is 1. The highest BCUT2D eigenvalue weighted by Crippen LogP contribution is 2.34. The number of carboxylic acids is 1. The molecule has 0 saturated carbocycles. The van der Waals surface area contributed by atoms with E-state index in [1.165, 1.54) is 18.5 Å². The molecule has 0 amide bonds. The van der Waals surface area contributed by atoms with Gasteiger partial charge in [-0.3, -0.25) is 4.79 Å². The molecule has 0 aliphatic carbocycles. The number of hydrogen-bond donors (Lipinski definition) is 2. The van der Waals surface area contributed by atoms with Gasteiger partial charge >= 0.3 is 12.1 Å². The van der Waals surface area contributed by atoms with Gasteiger partial charge in [0.2, 0.25) is 11.4 Å². The summed E-state index contributed by atoms with van der Waals surface area (Å²) in [4.78, 5) is 36.3. The normalized spacial score (nSPS) is 14.2. The Labute approximate surface area is 213 Å². The van der Waals surface area contributed by atoms with Crippen LogP contribution in [0.5, 0.6) is 0 Å². The molecular formula is C22H20ClF3N6O3S. The Balaban J connectivity index is 1.49. The summed E-state index contributed by atoms with van der Waals surface area (Å²) in [7, 11) is 0. The first-order chi connectivity index (χ1) is 17.0. The molecule has 0 atom stereocenters. The number of carboxylic acid groups (broad SMARTS) is 1. The van der Waals surface area contributed by atoms with Crippen LogP contribution in [-0.2, 0) is 12.7 Å². The van der Waals surface area contributed by atoms with E-state index in [1.807, 2.05) is 4.90 Å². The molecule has 1 aliphatic heterocycles. The molecule has 1 saturated heterocycles. The monoisotopic (exact) mass is 540 g/mol. The maximum atomic E-state index is 13.0. The molecule has 1 aliphatic rings. The molecule has 0 radical (unpaired) electrons. The van der Waals surface area contributed by atoms with E-state index >= 15 is 0 Å². The zero-order valence-corrected chi connectivity index (χ0v) is 20.4. The van der Waals surface area contributed by atoms with Gasteiger partial charge in [-0.25, -0.2) is 9.78 Å². The first-order valence-corrected chi connectivity index (χ1v) is 11.6. The molecule has 2 aromatic heterocycles. The molecule has 0 spiro atoms. The molecule has 0 bridgehead atoms. The average molecular weight is 541 g/mol. The van der Waals surface area contributed by atoms with Gasteiger partial charge in [0.15, 0.2) is 5.11 Å². The molecule has 0 unspecified atom stereocenters. The Morgan fingerprint density at radius 3 is 2.56 bits per heavy atom. The number of nitrogens with one attached hydrogen (secondary N) is 1. The Hall–Kier alpha value is -3.45. The second-order valence-corrected chi connectivity index (χ2v) is 8.76. The number of nitrogens with zero attached hydrogens (tertiary/aromatic N) is 5. The van der Waals surface area contributed by atoms with Gasteiger partial charge in [0.1, 0.15) is 11.2 Å². The fraction of sp³-hybridized carbons (Fsp3) is 0.318. The number of fused-ring (bicyclic) bond motifs is 1. The van der Waals surface area contributed by atoms with E-state index in [2.05, 4.69) is 15.3 Å². The van der Waals surface area contributed by atoms with Gasteiger partial charge in [-0.15, -0.1) is 0 Å². The van der Waals surface area contributed by atoms with E-state index in [-0.39, 0.29) is 26.8 Å². The number of piperazine rings is 1. The van der Waals surface area contributed by atoms with Crippen LogP contribution >= 0.6 is 23.8 Å². The zero-order chi connectivity index (χ0) is 26.2. The van der Waals surface area contributed by atoms with Crippen molar-refractivity contribution in [1.29, 1.82) is 0 Å². The van der Waals surface area contributed by atoms with Crippen LogP contribution in [0.1, 0.15) is 22.8 Å². The topological polar surface area (TPSA) is 104 Å². The van der Waals surface area contributed by atoms with Gasteiger partial charge in [-0.2, -0.15) is 18.2 Å². The Morgan fingerprint density at radius 1 is 1.25 bits per heavy atom. The number of carbonyl (C=O) groups is 1. The molecule has 4 rings (SSSR count). The summed E-state index contributed by atoms with van der Waals surface area (Å²) < 4.78 is 40.7. The third kappa shape index (κ3) is 5.07. The lowest BCUT2D eigenvalue weighted by molar-refractivity contribution is -0.137. The fourth-order valence-corrected chi connectivity index (χ4v) is 4.27. The molecule has 1 fully saturated rings. The average Bonchev–Trinajstić information content (AvgIpc) is 2.84. The lowest BCUT2D eigenvalue weighted by atomic mass is 10.2. The Morgan fingerprint density at radius 2 is 1.94 bits per heavy atom. The van der Waals surface area contributed by atoms with Crippen LogP contribution in [0.3, 0.4) is 0 Å². The molecule has 9 nitrogen and oxygen atoms in total. The Bertz CT molecular complexity index is 1410. The minimum atomic E-state index is -4.51. The van der Waals surface area contributed by atoms with Crippen molar-refractivity contribution in [3.63, 3.8) is 0 Å². The van der Waals surface area contributed by atoms with Gasteiger partial charge in [-0.1, -0.05) is 11.6 Å². The van der Waals surface area contributed by atoms with Crippen molar-refractivity contribution in [2.75, 3.05) is 36.4 Å².